The zero-order chi connectivity index (χ0) is 24.0. The van der Waals surface area contributed by atoms with E-state index >= 15 is 0 Å². The molecule has 0 aliphatic heterocycles. The van der Waals surface area contributed by atoms with Crippen molar-refractivity contribution < 1.29 is 28.2 Å². The number of fused-ring (bicyclic) bond motifs is 1. The third-order valence-corrected chi connectivity index (χ3v) is 4.78. The predicted molar refractivity (Wildman–Crippen MR) is 118 cm³/mol. The van der Waals surface area contributed by atoms with E-state index in [1.54, 1.807) is 6.33 Å². The number of nitrogens with zero attached hydrogens (tertiary/aromatic N) is 3. The van der Waals surface area contributed by atoms with Crippen LogP contribution in [-0.4, -0.2) is 43.4 Å². The average Bonchev–Trinajstić information content (AvgIpc) is 3.15. The van der Waals surface area contributed by atoms with E-state index in [2.05, 4.69) is 38.1 Å². The Labute approximate surface area is 187 Å². The van der Waals surface area contributed by atoms with Gasteiger partial charge in [-0.15, -0.1) is 0 Å². The molecule has 0 bridgehead atoms. The number of nitrogens with one attached hydrogen (secondary N) is 1. The fourth-order valence-electron chi connectivity index (χ4n) is 3.12. The summed E-state index contributed by atoms with van der Waals surface area (Å²) in [5.41, 5.74) is 3.91. The number of aryl methyl sites for hydroxylation is 1. The van der Waals surface area contributed by atoms with Crippen LogP contribution in [0.2, 0.25) is 0 Å². The number of rotatable bonds is 5. The lowest BCUT2D eigenvalue weighted by Gasteiger charge is -2.13. The third kappa shape index (κ3) is 6.07. The van der Waals surface area contributed by atoms with Gasteiger partial charge in [0.1, 0.15) is 12.1 Å². The molecule has 4 aromatic rings. The van der Waals surface area contributed by atoms with Crippen molar-refractivity contribution in [3.05, 3.63) is 78.6 Å². The molecule has 0 aliphatic carbocycles. The molecule has 33 heavy (non-hydrogen) atoms. The zero-order valence-corrected chi connectivity index (χ0v) is 17.5. The van der Waals surface area contributed by atoms with Crippen molar-refractivity contribution in [1.82, 2.24) is 14.5 Å². The number of benzene rings is 2. The molecule has 2 heterocycles. The molecule has 1 atom stereocenters. The number of halogens is 3. The first-order valence-electron chi connectivity index (χ1n) is 9.80. The molecular formula is C23H21F3N4O3. The van der Waals surface area contributed by atoms with Crippen molar-refractivity contribution in [2.75, 3.05) is 11.9 Å². The normalized spacial score (nSPS) is 12.0. The van der Waals surface area contributed by atoms with Gasteiger partial charge in [-0.25, -0.2) is 14.8 Å². The standard InChI is InChI=1S/C21H20N4O.C2HF3O2/c1-25-18-10-6-5-9-16(18)11-19(25)17-12-21(24-14-23-17)22-13-20(26)15-7-3-2-4-8-15;3-2(4,5)1(6)7/h2-12,14,20,26H,13H2,1H3,(H,22,23,24);(H,6,7)/t20-;/m0./s1. The molecule has 2 aromatic heterocycles. The minimum Gasteiger partial charge on any atom is -0.475 e. The summed E-state index contributed by atoms with van der Waals surface area (Å²) in [6.07, 6.45) is -4.13. The van der Waals surface area contributed by atoms with E-state index in [1.807, 2.05) is 55.6 Å². The van der Waals surface area contributed by atoms with Gasteiger partial charge in [-0.3, -0.25) is 0 Å². The van der Waals surface area contributed by atoms with Crippen LogP contribution in [0.4, 0.5) is 19.0 Å². The molecule has 7 nitrogen and oxygen atoms in total. The highest BCUT2D eigenvalue weighted by molar-refractivity contribution is 5.86. The van der Waals surface area contributed by atoms with Crippen molar-refractivity contribution in [1.29, 1.82) is 0 Å². The highest BCUT2D eigenvalue weighted by Crippen LogP contribution is 2.26. The first-order chi connectivity index (χ1) is 15.7. The molecule has 10 heteroatoms. The molecule has 0 saturated heterocycles. The summed E-state index contributed by atoms with van der Waals surface area (Å²) in [7, 11) is 2.03. The number of carboxylic acids is 1. The van der Waals surface area contributed by atoms with Crippen molar-refractivity contribution in [3.63, 3.8) is 0 Å². The largest absolute Gasteiger partial charge is 0.490 e. The van der Waals surface area contributed by atoms with Gasteiger partial charge in [0.25, 0.3) is 0 Å². The second kappa shape index (κ2) is 10.1. The van der Waals surface area contributed by atoms with Crippen LogP contribution in [0.25, 0.3) is 22.3 Å². The minimum atomic E-state index is -5.08. The number of aliphatic hydroxyl groups excluding tert-OH is 1. The summed E-state index contributed by atoms with van der Waals surface area (Å²) < 4.78 is 33.9. The van der Waals surface area contributed by atoms with Crippen LogP contribution in [0.3, 0.4) is 0 Å². The van der Waals surface area contributed by atoms with Gasteiger partial charge in [0, 0.05) is 30.6 Å². The average molecular weight is 458 g/mol. The van der Waals surface area contributed by atoms with E-state index < -0.39 is 18.2 Å². The van der Waals surface area contributed by atoms with Crippen molar-refractivity contribution in [2.45, 2.75) is 12.3 Å². The Kier molecular flexibility index (Phi) is 7.29. The molecule has 0 amide bonds. The summed E-state index contributed by atoms with van der Waals surface area (Å²) >= 11 is 0. The number of hydrogen-bond acceptors (Lipinski definition) is 5. The Bertz CT molecular complexity index is 1230. The molecule has 0 radical (unpaired) electrons. The van der Waals surface area contributed by atoms with Gasteiger partial charge in [0.15, 0.2) is 0 Å². The van der Waals surface area contributed by atoms with E-state index in [1.165, 1.54) is 5.39 Å². The first-order valence-corrected chi connectivity index (χ1v) is 9.80. The Morgan fingerprint density at radius 3 is 2.33 bits per heavy atom. The number of hydrogen-bond donors (Lipinski definition) is 3. The summed E-state index contributed by atoms with van der Waals surface area (Å²) in [6.45, 7) is 0.385. The molecule has 0 fully saturated rings. The van der Waals surface area contributed by atoms with Crippen molar-refractivity contribution >= 4 is 22.7 Å². The molecule has 0 aliphatic rings. The quantitative estimate of drug-likeness (QED) is 0.410. The molecular weight excluding hydrogens is 437 g/mol. The molecule has 0 unspecified atom stereocenters. The van der Waals surface area contributed by atoms with Crippen LogP contribution in [0.5, 0.6) is 0 Å². The summed E-state index contributed by atoms with van der Waals surface area (Å²) in [4.78, 5) is 17.6. The monoisotopic (exact) mass is 458 g/mol. The van der Waals surface area contributed by atoms with Gasteiger partial charge in [0.05, 0.1) is 17.5 Å². The van der Waals surface area contributed by atoms with E-state index in [0.29, 0.717) is 12.4 Å². The van der Waals surface area contributed by atoms with Crippen LogP contribution in [0.15, 0.2) is 73.1 Å². The zero-order valence-electron chi connectivity index (χ0n) is 17.5. The number of carboxylic acid groups (broad SMARTS) is 1. The van der Waals surface area contributed by atoms with Gasteiger partial charge >= 0.3 is 12.1 Å². The number of aliphatic carboxylic acids is 1. The van der Waals surface area contributed by atoms with Crippen LogP contribution in [0, 0.1) is 0 Å². The highest BCUT2D eigenvalue weighted by Gasteiger charge is 2.38. The molecule has 0 spiro atoms. The number of alkyl halides is 3. The van der Waals surface area contributed by atoms with Gasteiger partial charge in [-0.05, 0) is 17.7 Å². The van der Waals surface area contributed by atoms with Crippen molar-refractivity contribution in [2.24, 2.45) is 7.05 Å². The SMILES string of the molecule is Cn1c(-c2cc(NC[C@H](O)c3ccccc3)ncn2)cc2ccccc21.O=C(O)C(F)(F)F. The minimum absolute atomic E-state index is 0.385. The van der Waals surface area contributed by atoms with E-state index in [-0.39, 0.29) is 0 Å². The Hall–Kier alpha value is -3.92. The number of para-hydroxylation sites is 1. The number of aromatic nitrogens is 3. The van der Waals surface area contributed by atoms with Gasteiger partial charge in [-0.1, -0.05) is 48.5 Å². The number of aliphatic hydroxyl groups is 1. The topological polar surface area (TPSA) is 100 Å². The summed E-state index contributed by atoms with van der Waals surface area (Å²) in [6, 6.07) is 21.9. The fraction of sp³-hybridized carbons (Fsp3) is 0.174. The first kappa shape index (κ1) is 23.7. The number of carbonyl (C=O) groups is 1. The van der Waals surface area contributed by atoms with E-state index in [9.17, 15) is 18.3 Å². The Morgan fingerprint density at radius 1 is 1.06 bits per heavy atom. The highest BCUT2D eigenvalue weighted by atomic mass is 19.4. The fourth-order valence-corrected chi connectivity index (χ4v) is 3.12. The molecule has 172 valence electrons. The molecule has 4 rings (SSSR count). The smallest absolute Gasteiger partial charge is 0.475 e. The molecule has 2 aromatic carbocycles. The van der Waals surface area contributed by atoms with Gasteiger partial charge in [-0.2, -0.15) is 13.2 Å². The molecule has 0 saturated carbocycles. The lowest BCUT2D eigenvalue weighted by molar-refractivity contribution is -0.192. The lowest BCUT2D eigenvalue weighted by Crippen LogP contribution is -2.21. The van der Waals surface area contributed by atoms with Crippen LogP contribution >= 0.6 is 0 Å². The second-order valence-electron chi connectivity index (χ2n) is 7.05. The lowest BCUT2D eigenvalue weighted by atomic mass is 10.1. The maximum Gasteiger partial charge on any atom is 0.490 e. The van der Waals surface area contributed by atoms with Gasteiger partial charge < -0.3 is 20.1 Å². The Morgan fingerprint density at radius 2 is 1.70 bits per heavy atom. The predicted octanol–water partition coefficient (Wildman–Crippen LogP) is 4.41. The second-order valence-corrected chi connectivity index (χ2v) is 7.05. The van der Waals surface area contributed by atoms with Crippen LogP contribution < -0.4 is 5.32 Å². The van der Waals surface area contributed by atoms with E-state index in [0.717, 1.165) is 22.5 Å². The maximum atomic E-state index is 10.6. The van der Waals surface area contributed by atoms with Crippen molar-refractivity contribution in [3.8, 4) is 11.4 Å². The number of anilines is 1. The van der Waals surface area contributed by atoms with Crippen LogP contribution in [-0.2, 0) is 11.8 Å². The molecule has 3 N–H and O–H groups in total. The summed E-state index contributed by atoms with van der Waals surface area (Å²) in [5.74, 6) is -2.07. The summed E-state index contributed by atoms with van der Waals surface area (Å²) in [5, 5.41) is 21.8. The maximum absolute atomic E-state index is 10.6. The van der Waals surface area contributed by atoms with Crippen LogP contribution in [0.1, 0.15) is 11.7 Å². The van der Waals surface area contributed by atoms with Gasteiger partial charge in [0.2, 0.25) is 0 Å². The van der Waals surface area contributed by atoms with E-state index in [4.69, 9.17) is 9.90 Å². The Balaban J connectivity index is 0.000000383. The third-order valence-electron chi connectivity index (χ3n) is 4.78.